The number of rotatable bonds is 3. The number of carbonyl (C=O) groups excluding carboxylic acids is 2. The monoisotopic (exact) mass is 394 g/mol. The first-order chi connectivity index (χ1) is 14.0. The summed E-state index contributed by atoms with van der Waals surface area (Å²) in [5.74, 6) is -0.132. The molecule has 1 aliphatic rings. The van der Waals surface area contributed by atoms with Gasteiger partial charge in [0, 0.05) is 0 Å². The molecule has 2 heterocycles. The number of hydrazine groups is 1. The van der Waals surface area contributed by atoms with Crippen LogP contribution in [0.15, 0.2) is 53.6 Å². The third-order valence-electron chi connectivity index (χ3n) is 4.50. The molecule has 0 bridgehead atoms. The molecule has 0 aliphatic carbocycles. The number of nitrogens with one attached hydrogen (secondary N) is 2. The lowest BCUT2D eigenvalue weighted by molar-refractivity contribution is -0.135. The largest absolute Gasteiger partial charge is 0.485 e. The van der Waals surface area contributed by atoms with E-state index in [1.807, 2.05) is 13.0 Å². The van der Waals surface area contributed by atoms with Crippen LogP contribution in [-0.2, 0) is 16.1 Å². The van der Waals surface area contributed by atoms with Crippen LogP contribution in [0.4, 0.5) is 0 Å². The van der Waals surface area contributed by atoms with Crippen molar-refractivity contribution in [3.63, 3.8) is 0 Å². The van der Waals surface area contributed by atoms with E-state index in [0.717, 1.165) is 5.56 Å². The van der Waals surface area contributed by atoms with Gasteiger partial charge in [-0.3, -0.25) is 29.8 Å². The van der Waals surface area contributed by atoms with Crippen LogP contribution in [0.1, 0.15) is 5.56 Å². The van der Waals surface area contributed by atoms with Gasteiger partial charge in [-0.2, -0.15) is 0 Å². The first-order valence-corrected chi connectivity index (χ1v) is 8.95. The van der Waals surface area contributed by atoms with E-state index in [-0.39, 0.29) is 18.7 Å². The molecule has 0 radical (unpaired) electrons. The lowest BCUT2D eigenvalue weighted by Gasteiger charge is -2.25. The molecule has 1 unspecified atom stereocenters. The van der Waals surface area contributed by atoms with Gasteiger partial charge in [0.15, 0.2) is 11.5 Å². The number of aryl methyl sites for hydroxylation is 1. The van der Waals surface area contributed by atoms with Crippen molar-refractivity contribution in [3.8, 4) is 11.5 Å². The fraction of sp³-hybridized carbons (Fsp3) is 0.200. The summed E-state index contributed by atoms with van der Waals surface area (Å²) in [7, 11) is 0. The molecule has 1 aromatic heterocycles. The van der Waals surface area contributed by atoms with Gasteiger partial charge >= 0.3 is 0 Å². The molecule has 9 heteroatoms. The van der Waals surface area contributed by atoms with E-state index in [2.05, 4.69) is 15.8 Å². The smallest absolute Gasteiger partial charge is 0.283 e. The number of fused-ring (bicyclic) bond motifs is 2. The van der Waals surface area contributed by atoms with Gasteiger partial charge in [-0.1, -0.05) is 24.3 Å². The summed E-state index contributed by atoms with van der Waals surface area (Å²) in [5.41, 5.74) is 5.70. The van der Waals surface area contributed by atoms with Gasteiger partial charge in [0.1, 0.15) is 13.2 Å². The van der Waals surface area contributed by atoms with Crippen molar-refractivity contribution in [2.45, 2.75) is 19.6 Å². The van der Waals surface area contributed by atoms with Crippen molar-refractivity contribution in [2.75, 3.05) is 6.61 Å². The van der Waals surface area contributed by atoms with Gasteiger partial charge in [-0.25, -0.2) is 4.98 Å². The summed E-state index contributed by atoms with van der Waals surface area (Å²) < 4.78 is 12.2. The molecule has 2 amide bonds. The highest BCUT2D eigenvalue weighted by Gasteiger charge is 2.27. The summed E-state index contributed by atoms with van der Waals surface area (Å²) >= 11 is 0. The van der Waals surface area contributed by atoms with Crippen molar-refractivity contribution < 1.29 is 19.1 Å². The summed E-state index contributed by atoms with van der Waals surface area (Å²) in [6, 6.07) is 12.3. The fourth-order valence-corrected chi connectivity index (χ4v) is 3.00. The first kappa shape index (κ1) is 18.5. The number of amides is 2. The van der Waals surface area contributed by atoms with Crippen molar-refractivity contribution in [3.05, 3.63) is 64.7 Å². The van der Waals surface area contributed by atoms with Gasteiger partial charge in [-0.05, 0) is 30.7 Å². The molecule has 1 atom stereocenters. The third-order valence-corrected chi connectivity index (χ3v) is 4.50. The van der Waals surface area contributed by atoms with Crippen LogP contribution in [0.25, 0.3) is 10.9 Å². The zero-order chi connectivity index (χ0) is 20.4. The van der Waals surface area contributed by atoms with Crippen LogP contribution in [0.5, 0.6) is 11.5 Å². The standard InChI is InChI=1S/C20H18N4O5/c1-12-5-4-6-13-18(12)21-11-24(20(13)27)9-17(25)22-23-19(26)16-10-28-14-7-2-3-8-15(14)29-16/h2-8,11,16H,9-10H2,1H3,(H,22,25)(H,23,26). The number of nitrogens with zero attached hydrogens (tertiary/aromatic N) is 2. The third kappa shape index (κ3) is 3.75. The number of hydrogen-bond donors (Lipinski definition) is 2. The van der Waals surface area contributed by atoms with E-state index >= 15 is 0 Å². The van der Waals surface area contributed by atoms with Gasteiger partial charge in [0.2, 0.25) is 6.10 Å². The van der Waals surface area contributed by atoms with E-state index in [9.17, 15) is 14.4 Å². The number of benzene rings is 2. The maximum absolute atomic E-state index is 12.5. The molecular formula is C20H18N4O5. The highest BCUT2D eigenvalue weighted by Crippen LogP contribution is 2.30. The lowest BCUT2D eigenvalue weighted by atomic mass is 10.1. The Kier molecular flexibility index (Phi) is 4.86. The van der Waals surface area contributed by atoms with Crippen molar-refractivity contribution in [1.29, 1.82) is 0 Å². The van der Waals surface area contributed by atoms with Gasteiger partial charge < -0.3 is 9.47 Å². The Morgan fingerprint density at radius 2 is 1.93 bits per heavy atom. The minimum Gasteiger partial charge on any atom is -0.485 e. The maximum atomic E-state index is 12.5. The summed E-state index contributed by atoms with van der Waals surface area (Å²) in [5, 5.41) is 0.427. The molecule has 0 fully saturated rings. The van der Waals surface area contributed by atoms with Crippen LogP contribution < -0.4 is 25.9 Å². The molecule has 148 valence electrons. The highest BCUT2D eigenvalue weighted by molar-refractivity contribution is 5.85. The molecule has 1 aliphatic heterocycles. The fourth-order valence-electron chi connectivity index (χ4n) is 3.00. The number of para-hydroxylation sites is 3. The molecule has 9 nitrogen and oxygen atoms in total. The molecule has 0 saturated heterocycles. The highest BCUT2D eigenvalue weighted by atomic mass is 16.6. The Bertz CT molecular complexity index is 1160. The predicted molar refractivity (Wildman–Crippen MR) is 103 cm³/mol. The number of ether oxygens (including phenoxy) is 2. The van der Waals surface area contributed by atoms with Crippen LogP contribution >= 0.6 is 0 Å². The Balaban J connectivity index is 1.37. The van der Waals surface area contributed by atoms with Crippen LogP contribution in [0, 0.1) is 6.92 Å². The van der Waals surface area contributed by atoms with Crippen molar-refractivity contribution >= 4 is 22.7 Å². The van der Waals surface area contributed by atoms with Crippen molar-refractivity contribution in [1.82, 2.24) is 20.4 Å². The Hall–Kier alpha value is -3.88. The van der Waals surface area contributed by atoms with E-state index in [4.69, 9.17) is 9.47 Å². The van der Waals surface area contributed by atoms with E-state index < -0.39 is 17.9 Å². The van der Waals surface area contributed by atoms with Crippen LogP contribution in [0.2, 0.25) is 0 Å². The zero-order valence-electron chi connectivity index (χ0n) is 15.5. The van der Waals surface area contributed by atoms with E-state index in [1.165, 1.54) is 10.9 Å². The number of aromatic nitrogens is 2. The zero-order valence-corrected chi connectivity index (χ0v) is 15.5. The Labute approximate surface area is 165 Å². The molecular weight excluding hydrogens is 376 g/mol. The van der Waals surface area contributed by atoms with Gasteiger partial charge in [0.25, 0.3) is 17.4 Å². The van der Waals surface area contributed by atoms with Crippen molar-refractivity contribution in [2.24, 2.45) is 0 Å². The Morgan fingerprint density at radius 1 is 1.14 bits per heavy atom. The molecule has 3 aromatic rings. The topological polar surface area (TPSA) is 112 Å². The minimum atomic E-state index is -0.904. The predicted octanol–water partition coefficient (Wildman–Crippen LogP) is 0.692. The normalized spacial score (nSPS) is 15.0. The summed E-state index contributed by atoms with van der Waals surface area (Å²) in [6.07, 6.45) is 0.409. The molecule has 29 heavy (non-hydrogen) atoms. The van der Waals surface area contributed by atoms with Gasteiger partial charge in [0.05, 0.1) is 17.2 Å². The second-order valence-corrected chi connectivity index (χ2v) is 6.55. The number of carbonyl (C=O) groups is 2. The second kappa shape index (κ2) is 7.63. The molecule has 0 spiro atoms. The first-order valence-electron chi connectivity index (χ1n) is 8.95. The Morgan fingerprint density at radius 3 is 2.76 bits per heavy atom. The summed E-state index contributed by atoms with van der Waals surface area (Å²) in [6.45, 7) is 1.59. The molecule has 2 aromatic carbocycles. The van der Waals surface area contributed by atoms with E-state index in [1.54, 1.807) is 36.4 Å². The van der Waals surface area contributed by atoms with Gasteiger partial charge in [-0.15, -0.1) is 0 Å². The maximum Gasteiger partial charge on any atom is 0.283 e. The van der Waals surface area contributed by atoms with Crippen LogP contribution in [-0.4, -0.2) is 34.1 Å². The quantitative estimate of drug-likeness (QED) is 0.633. The lowest BCUT2D eigenvalue weighted by Crippen LogP contribution is -2.51. The van der Waals surface area contributed by atoms with Crippen LogP contribution in [0.3, 0.4) is 0 Å². The molecule has 4 rings (SSSR count). The summed E-state index contributed by atoms with van der Waals surface area (Å²) in [4.78, 5) is 41.2. The minimum absolute atomic E-state index is 0.0200. The second-order valence-electron chi connectivity index (χ2n) is 6.55. The van der Waals surface area contributed by atoms with E-state index in [0.29, 0.717) is 22.4 Å². The SMILES string of the molecule is Cc1cccc2c(=O)n(CC(=O)NNC(=O)C3COc4ccccc4O3)cnc12. The molecule has 2 N–H and O–H groups in total. The number of hydrogen-bond acceptors (Lipinski definition) is 6. The molecule has 0 saturated carbocycles. The average molecular weight is 394 g/mol. The average Bonchev–Trinajstić information content (AvgIpc) is 2.74.